The first-order valence-corrected chi connectivity index (χ1v) is 5.00. The van der Waals surface area contributed by atoms with Gasteiger partial charge in [-0.25, -0.2) is 4.98 Å². The van der Waals surface area contributed by atoms with Crippen LogP contribution in [0.2, 0.25) is 0 Å². The molecule has 68 valence electrons. The third kappa shape index (κ3) is 1.89. The number of anilines is 1. The first-order chi connectivity index (χ1) is 6.38. The number of hydrogen-bond acceptors (Lipinski definition) is 3. The Morgan fingerprint density at radius 3 is 3.15 bits per heavy atom. The Morgan fingerprint density at radius 1 is 1.62 bits per heavy atom. The van der Waals surface area contributed by atoms with Crippen LogP contribution in [-0.2, 0) is 6.42 Å². The van der Waals surface area contributed by atoms with Crippen LogP contribution in [0.3, 0.4) is 0 Å². The lowest BCUT2D eigenvalue weighted by atomic mass is 10.3. The van der Waals surface area contributed by atoms with E-state index in [-0.39, 0.29) is 0 Å². The summed E-state index contributed by atoms with van der Waals surface area (Å²) in [6, 6.07) is 4.19. The van der Waals surface area contributed by atoms with Gasteiger partial charge in [0.1, 0.15) is 0 Å². The maximum Gasteiger partial charge on any atom is 0.200 e. The minimum Gasteiger partial charge on any atom is -0.359 e. The highest BCUT2D eigenvalue weighted by Gasteiger charge is 2.00. The summed E-state index contributed by atoms with van der Waals surface area (Å²) in [5.74, 6) is 0.826. The van der Waals surface area contributed by atoms with Crippen molar-refractivity contribution in [3.63, 3.8) is 0 Å². The fourth-order valence-corrected chi connectivity index (χ4v) is 1.90. The summed E-state index contributed by atoms with van der Waals surface area (Å²) in [5.41, 5.74) is 1.15. The first-order valence-electron chi connectivity index (χ1n) is 4.12. The predicted octanol–water partition coefficient (Wildman–Crippen LogP) is 2.10. The van der Waals surface area contributed by atoms with Gasteiger partial charge in [-0.15, -0.1) is 11.3 Å². The molecule has 0 aromatic carbocycles. The van der Waals surface area contributed by atoms with Gasteiger partial charge in [0.05, 0.1) is 6.20 Å². The van der Waals surface area contributed by atoms with E-state index in [1.54, 1.807) is 11.3 Å². The van der Waals surface area contributed by atoms with Crippen molar-refractivity contribution in [2.24, 2.45) is 0 Å². The molecule has 2 rings (SSSR count). The number of hydrogen-bond donors (Lipinski definition) is 2. The van der Waals surface area contributed by atoms with Gasteiger partial charge in [0.2, 0.25) is 0 Å². The summed E-state index contributed by atoms with van der Waals surface area (Å²) < 4.78 is 0. The smallest absolute Gasteiger partial charge is 0.200 e. The number of imidazole rings is 1. The van der Waals surface area contributed by atoms with Crippen LogP contribution in [-0.4, -0.2) is 17.0 Å². The van der Waals surface area contributed by atoms with Crippen LogP contribution < -0.4 is 5.32 Å². The Bertz CT molecular complexity index is 364. The van der Waals surface area contributed by atoms with Gasteiger partial charge in [0, 0.05) is 24.0 Å². The second-order valence-electron chi connectivity index (χ2n) is 2.76. The standard InChI is InChI=1S/C9H11N3S/c1-10-9-11-6-7(12-9)5-8-3-2-4-13-8/h2-4,6H,5H2,1H3,(H2,10,11,12). The molecule has 0 spiro atoms. The highest BCUT2D eigenvalue weighted by Crippen LogP contribution is 2.14. The van der Waals surface area contributed by atoms with E-state index in [2.05, 4.69) is 32.8 Å². The van der Waals surface area contributed by atoms with Crippen LogP contribution in [0.25, 0.3) is 0 Å². The maximum atomic E-state index is 4.15. The molecule has 0 atom stereocenters. The van der Waals surface area contributed by atoms with Gasteiger partial charge in [-0.1, -0.05) is 6.07 Å². The molecule has 4 heteroatoms. The lowest BCUT2D eigenvalue weighted by molar-refractivity contribution is 1.13. The predicted molar refractivity (Wildman–Crippen MR) is 55.3 cm³/mol. The highest BCUT2D eigenvalue weighted by atomic mass is 32.1. The van der Waals surface area contributed by atoms with Crippen LogP contribution in [0, 0.1) is 0 Å². The van der Waals surface area contributed by atoms with E-state index in [9.17, 15) is 0 Å². The summed E-state index contributed by atoms with van der Waals surface area (Å²) in [7, 11) is 1.85. The van der Waals surface area contributed by atoms with Crippen molar-refractivity contribution in [1.29, 1.82) is 0 Å². The highest BCUT2D eigenvalue weighted by molar-refractivity contribution is 7.09. The first kappa shape index (κ1) is 8.31. The van der Waals surface area contributed by atoms with E-state index in [1.807, 2.05) is 13.2 Å². The molecule has 2 aromatic rings. The largest absolute Gasteiger partial charge is 0.359 e. The quantitative estimate of drug-likeness (QED) is 0.783. The molecule has 0 saturated carbocycles. The van der Waals surface area contributed by atoms with Crippen molar-refractivity contribution in [3.05, 3.63) is 34.3 Å². The van der Waals surface area contributed by atoms with Gasteiger partial charge in [0.25, 0.3) is 0 Å². The Kier molecular flexibility index (Phi) is 2.31. The average Bonchev–Trinajstić information content (AvgIpc) is 2.76. The van der Waals surface area contributed by atoms with Crippen molar-refractivity contribution in [3.8, 4) is 0 Å². The van der Waals surface area contributed by atoms with Crippen LogP contribution in [0.1, 0.15) is 10.6 Å². The van der Waals surface area contributed by atoms with Crippen LogP contribution in [0.5, 0.6) is 0 Å². The van der Waals surface area contributed by atoms with E-state index >= 15 is 0 Å². The van der Waals surface area contributed by atoms with Crippen molar-refractivity contribution in [2.45, 2.75) is 6.42 Å². The van der Waals surface area contributed by atoms with E-state index in [0.29, 0.717) is 0 Å². The molecular weight excluding hydrogens is 182 g/mol. The Morgan fingerprint density at radius 2 is 2.54 bits per heavy atom. The minimum absolute atomic E-state index is 0.826. The van der Waals surface area contributed by atoms with Gasteiger partial charge in [-0.05, 0) is 11.4 Å². The fourth-order valence-electron chi connectivity index (χ4n) is 1.18. The van der Waals surface area contributed by atoms with Crippen LogP contribution >= 0.6 is 11.3 Å². The monoisotopic (exact) mass is 193 g/mol. The molecule has 0 saturated heterocycles. The van der Waals surface area contributed by atoms with Gasteiger partial charge >= 0.3 is 0 Å². The lowest BCUT2D eigenvalue weighted by Crippen LogP contribution is -1.90. The van der Waals surface area contributed by atoms with Crippen molar-refractivity contribution in [1.82, 2.24) is 9.97 Å². The zero-order valence-electron chi connectivity index (χ0n) is 7.37. The Balaban J connectivity index is 2.10. The maximum absolute atomic E-state index is 4.15. The summed E-state index contributed by atoms with van der Waals surface area (Å²) in [4.78, 5) is 8.69. The molecule has 3 nitrogen and oxygen atoms in total. The molecule has 2 N–H and O–H groups in total. The zero-order chi connectivity index (χ0) is 9.10. The average molecular weight is 193 g/mol. The number of aromatic amines is 1. The summed E-state index contributed by atoms with van der Waals surface area (Å²) in [6.07, 6.45) is 2.80. The third-order valence-corrected chi connectivity index (χ3v) is 2.69. The molecule has 0 fully saturated rings. The minimum atomic E-state index is 0.826. The van der Waals surface area contributed by atoms with Gasteiger partial charge in [-0.2, -0.15) is 0 Å². The Labute approximate surface area is 80.8 Å². The normalized spacial score (nSPS) is 10.2. The topological polar surface area (TPSA) is 40.7 Å². The lowest BCUT2D eigenvalue weighted by Gasteiger charge is -1.93. The number of rotatable bonds is 3. The third-order valence-electron chi connectivity index (χ3n) is 1.81. The molecule has 0 unspecified atom stereocenters. The van der Waals surface area contributed by atoms with Gasteiger partial charge < -0.3 is 10.3 Å². The fraction of sp³-hybridized carbons (Fsp3) is 0.222. The molecule has 0 amide bonds. The number of aromatic nitrogens is 2. The van der Waals surface area contributed by atoms with E-state index in [4.69, 9.17) is 0 Å². The molecule has 0 aliphatic heterocycles. The van der Waals surface area contributed by atoms with Crippen molar-refractivity contribution >= 4 is 17.3 Å². The molecule has 0 aliphatic rings. The van der Waals surface area contributed by atoms with Gasteiger partial charge in [-0.3, -0.25) is 0 Å². The second-order valence-corrected chi connectivity index (χ2v) is 3.80. The number of nitrogens with zero attached hydrogens (tertiary/aromatic N) is 1. The van der Waals surface area contributed by atoms with Gasteiger partial charge in [0.15, 0.2) is 5.95 Å². The van der Waals surface area contributed by atoms with Crippen molar-refractivity contribution < 1.29 is 0 Å². The summed E-state index contributed by atoms with van der Waals surface area (Å²) >= 11 is 1.77. The molecule has 0 aliphatic carbocycles. The number of H-pyrrole nitrogens is 1. The van der Waals surface area contributed by atoms with Crippen LogP contribution in [0.15, 0.2) is 23.7 Å². The zero-order valence-corrected chi connectivity index (χ0v) is 8.19. The van der Waals surface area contributed by atoms with Crippen LogP contribution in [0.4, 0.5) is 5.95 Å². The van der Waals surface area contributed by atoms with Crippen molar-refractivity contribution in [2.75, 3.05) is 12.4 Å². The SMILES string of the molecule is CNc1ncc(Cc2cccs2)[nH]1. The van der Waals surface area contributed by atoms with E-state index in [1.165, 1.54) is 4.88 Å². The second kappa shape index (κ2) is 3.62. The Hall–Kier alpha value is -1.29. The number of thiophene rings is 1. The molecule has 0 radical (unpaired) electrons. The van der Waals surface area contributed by atoms with E-state index in [0.717, 1.165) is 18.1 Å². The summed E-state index contributed by atoms with van der Waals surface area (Å²) in [5, 5.41) is 5.05. The molecular formula is C9H11N3S. The summed E-state index contributed by atoms with van der Waals surface area (Å²) in [6.45, 7) is 0. The molecule has 0 bridgehead atoms. The molecule has 2 aromatic heterocycles. The molecule has 13 heavy (non-hydrogen) atoms. The van der Waals surface area contributed by atoms with E-state index < -0.39 is 0 Å². The number of nitrogens with one attached hydrogen (secondary N) is 2. The molecule has 2 heterocycles.